The molecule has 7 nitrogen and oxygen atoms in total. The van der Waals surface area contributed by atoms with Crippen LogP contribution in [-0.2, 0) is 9.84 Å². The molecule has 9 heteroatoms. The molecule has 1 aromatic heterocycles. The summed E-state index contributed by atoms with van der Waals surface area (Å²) < 4.78 is 38.6. The number of aromatic amines is 1. The van der Waals surface area contributed by atoms with Crippen molar-refractivity contribution in [1.82, 2.24) is 4.98 Å². The van der Waals surface area contributed by atoms with Crippen LogP contribution in [0.4, 0.5) is 4.39 Å². The van der Waals surface area contributed by atoms with Gasteiger partial charge in [-0.3, -0.25) is 4.79 Å². The van der Waals surface area contributed by atoms with Gasteiger partial charge in [-0.05, 0) is 36.4 Å². The maximum absolute atomic E-state index is 13.4. The van der Waals surface area contributed by atoms with Crippen molar-refractivity contribution < 1.29 is 28.1 Å². The van der Waals surface area contributed by atoms with E-state index in [2.05, 4.69) is 9.87 Å². The second-order valence-corrected chi connectivity index (χ2v) is 6.82. The van der Waals surface area contributed by atoms with Gasteiger partial charge in [0.15, 0.2) is 17.3 Å². The minimum atomic E-state index is -4.32. The monoisotopic (exact) mass is 351 g/mol. The molecule has 0 unspecified atom stereocenters. The number of H-pyrrole nitrogens is 1. The van der Waals surface area contributed by atoms with Crippen molar-refractivity contribution in [2.45, 2.75) is 9.79 Å². The minimum Gasteiger partial charge on any atom is -0.505 e. The van der Waals surface area contributed by atoms with Crippen LogP contribution < -0.4 is 10.3 Å². The van der Waals surface area contributed by atoms with Crippen LogP contribution in [0.3, 0.4) is 0 Å². The van der Waals surface area contributed by atoms with Crippen molar-refractivity contribution in [3.8, 4) is 11.5 Å². The number of nitrogens with one attached hydrogen (secondary N) is 1. The summed E-state index contributed by atoms with van der Waals surface area (Å²) in [7, 11) is -4.32. The van der Waals surface area contributed by atoms with Crippen molar-refractivity contribution in [2.24, 2.45) is 0 Å². The molecule has 0 fully saturated rings. The number of aromatic hydroxyl groups is 1. The van der Waals surface area contributed by atoms with Crippen molar-refractivity contribution in [3.63, 3.8) is 0 Å². The molecule has 0 radical (unpaired) electrons. The third-order valence-electron chi connectivity index (χ3n) is 3.44. The molecule has 0 amide bonds. The average Bonchev–Trinajstić information content (AvgIpc) is 2.57. The first-order chi connectivity index (χ1) is 11.3. The third kappa shape index (κ3) is 2.49. The number of hydrogen-bond donors (Lipinski definition) is 3. The van der Waals surface area contributed by atoms with Crippen LogP contribution in [-0.4, -0.2) is 23.8 Å². The first-order valence-electron chi connectivity index (χ1n) is 6.55. The fourth-order valence-electron chi connectivity index (χ4n) is 2.22. The van der Waals surface area contributed by atoms with E-state index >= 15 is 0 Å². The van der Waals surface area contributed by atoms with E-state index in [9.17, 15) is 17.6 Å². The lowest BCUT2D eigenvalue weighted by Gasteiger charge is -2.07. The van der Waals surface area contributed by atoms with Gasteiger partial charge in [0, 0.05) is 11.7 Å². The molecule has 3 N–H and O–H groups in total. The van der Waals surface area contributed by atoms with Crippen LogP contribution in [0, 0.1) is 5.82 Å². The molecule has 0 atom stereocenters. The highest BCUT2D eigenvalue weighted by Gasteiger charge is 2.24. The first-order valence-corrected chi connectivity index (χ1v) is 8.03. The molecule has 1 heterocycles. The number of rotatable bonds is 3. The summed E-state index contributed by atoms with van der Waals surface area (Å²) >= 11 is 0. The Labute approximate surface area is 134 Å². The fraction of sp³-hybridized carbons (Fsp3) is 0. The molecule has 24 heavy (non-hydrogen) atoms. The molecule has 0 aliphatic carbocycles. The Bertz CT molecular complexity index is 1110. The summed E-state index contributed by atoms with van der Waals surface area (Å²) in [6.07, 6.45) is 1.00. The van der Waals surface area contributed by atoms with E-state index in [1.165, 1.54) is 18.2 Å². The molecule has 124 valence electrons. The molecule has 0 saturated heterocycles. The van der Waals surface area contributed by atoms with Gasteiger partial charge in [-0.25, -0.2) is 18.1 Å². The smallest absolute Gasteiger partial charge is 0.212 e. The summed E-state index contributed by atoms with van der Waals surface area (Å²) in [5, 5.41) is 17.8. The van der Waals surface area contributed by atoms with E-state index in [1.54, 1.807) is 0 Å². The number of aromatic nitrogens is 1. The average molecular weight is 351 g/mol. The number of phenolic OH excluding ortho intramolecular Hbond substituents is 1. The van der Waals surface area contributed by atoms with E-state index in [0.29, 0.717) is 11.6 Å². The number of halogens is 1. The topological polar surface area (TPSA) is 117 Å². The van der Waals surface area contributed by atoms with Crippen LogP contribution in [0.2, 0.25) is 0 Å². The van der Waals surface area contributed by atoms with Gasteiger partial charge in [0.1, 0.15) is 4.90 Å². The Morgan fingerprint density at radius 2 is 1.88 bits per heavy atom. The van der Waals surface area contributed by atoms with Gasteiger partial charge in [-0.2, -0.15) is 0 Å². The molecule has 3 rings (SSSR count). The second kappa shape index (κ2) is 5.62. The zero-order valence-electron chi connectivity index (χ0n) is 11.9. The normalized spacial score (nSPS) is 11.6. The van der Waals surface area contributed by atoms with Gasteiger partial charge in [0.05, 0.1) is 10.3 Å². The Morgan fingerprint density at radius 3 is 2.54 bits per heavy atom. The van der Waals surface area contributed by atoms with Crippen LogP contribution in [0.1, 0.15) is 0 Å². The third-order valence-corrected chi connectivity index (χ3v) is 5.20. The molecule has 2 aromatic carbocycles. The van der Waals surface area contributed by atoms with Crippen LogP contribution >= 0.6 is 0 Å². The highest BCUT2D eigenvalue weighted by atomic mass is 32.2. The van der Waals surface area contributed by atoms with E-state index in [0.717, 1.165) is 18.3 Å². The number of fused-ring (bicyclic) bond motifs is 1. The molecule has 0 spiro atoms. The summed E-state index contributed by atoms with van der Waals surface area (Å²) in [4.78, 5) is 18.1. The quantitative estimate of drug-likeness (QED) is 0.491. The molecule has 0 aliphatic heterocycles. The molecular weight excluding hydrogens is 341 g/mol. The first kappa shape index (κ1) is 16.0. The van der Waals surface area contributed by atoms with Crippen LogP contribution in [0.25, 0.3) is 10.9 Å². The van der Waals surface area contributed by atoms with Gasteiger partial charge >= 0.3 is 0 Å². The van der Waals surface area contributed by atoms with Crippen LogP contribution in [0.15, 0.2) is 57.2 Å². The van der Waals surface area contributed by atoms with E-state index in [4.69, 9.17) is 10.4 Å². The van der Waals surface area contributed by atoms with Gasteiger partial charge in [0.25, 0.3) is 0 Å². The largest absolute Gasteiger partial charge is 0.505 e. The zero-order chi connectivity index (χ0) is 17.5. The van der Waals surface area contributed by atoms with E-state index in [1.807, 2.05) is 0 Å². The van der Waals surface area contributed by atoms with E-state index in [-0.39, 0.29) is 11.1 Å². The van der Waals surface area contributed by atoms with Crippen molar-refractivity contribution in [3.05, 3.63) is 58.6 Å². The highest BCUT2D eigenvalue weighted by molar-refractivity contribution is 7.91. The second-order valence-electron chi connectivity index (χ2n) is 4.90. The number of phenols is 1. The number of pyridine rings is 1. The summed E-state index contributed by atoms with van der Waals surface area (Å²) in [5.74, 6) is -1.87. The van der Waals surface area contributed by atoms with Crippen molar-refractivity contribution >= 4 is 20.7 Å². The Hall–Kier alpha value is -2.91. The van der Waals surface area contributed by atoms with E-state index < -0.39 is 36.6 Å². The highest BCUT2D eigenvalue weighted by Crippen LogP contribution is 2.25. The maximum Gasteiger partial charge on any atom is 0.212 e. The van der Waals surface area contributed by atoms with Crippen LogP contribution in [0.5, 0.6) is 11.5 Å². The Kier molecular flexibility index (Phi) is 3.74. The number of sulfone groups is 1. The lowest BCUT2D eigenvalue weighted by atomic mass is 10.2. The van der Waals surface area contributed by atoms with Gasteiger partial charge < -0.3 is 15.0 Å². The fourth-order valence-corrected chi connectivity index (χ4v) is 3.54. The molecular formula is C15H10FNO6S. The standard InChI is InChI=1S/C15H10FNO6S/c16-11-6-9(2-4-13(11)18)24(21,22)14-7-17-12-3-1-8(23-20)5-10(12)15(14)19/h1-7,18,20H,(H,17,19). The molecule has 0 aliphatic rings. The predicted octanol–water partition coefficient (Wildman–Crippen LogP) is 2.06. The number of hydrogen-bond acceptors (Lipinski definition) is 6. The lowest BCUT2D eigenvalue weighted by Crippen LogP contribution is -2.16. The summed E-state index contributed by atoms with van der Waals surface area (Å²) in [6.45, 7) is 0. The zero-order valence-corrected chi connectivity index (χ0v) is 12.7. The Balaban J connectivity index is 2.26. The van der Waals surface area contributed by atoms with Crippen molar-refractivity contribution in [1.29, 1.82) is 0 Å². The molecule has 0 saturated carbocycles. The lowest BCUT2D eigenvalue weighted by molar-refractivity contribution is -0.137. The van der Waals surface area contributed by atoms with Gasteiger partial charge in [-0.15, -0.1) is 0 Å². The summed E-state index contributed by atoms with van der Waals surface area (Å²) in [5.41, 5.74) is -0.507. The van der Waals surface area contributed by atoms with Gasteiger partial charge in [-0.1, -0.05) is 0 Å². The minimum absolute atomic E-state index is 0.0260. The molecule has 3 aromatic rings. The SMILES string of the molecule is O=c1c(S(=O)(=O)c2ccc(O)c(F)c2)c[nH]c2ccc(OO)cc12. The van der Waals surface area contributed by atoms with Gasteiger partial charge in [0.2, 0.25) is 15.3 Å². The summed E-state index contributed by atoms with van der Waals surface area (Å²) in [6, 6.07) is 6.48. The Morgan fingerprint density at radius 1 is 1.12 bits per heavy atom. The maximum atomic E-state index is 13.4. The molecule has 0 bridgehead atoms. The number of benzene rings is 2. The predicted molar refractivity (Wildman–Crippen MR) is 81.3 cm³/mol. The van der Waals surface area contributed by atoms with Crippen molar-refractivity contribution in [2.75, 3.05) is 0 Å².